The molecule has 4 unspecified atom stereocenters. The molecule has 2 saturated heterocycles. The molecule has 4 heteroatoms. The Morgan fingerprint density at radius 3 is 2.79 bits per heavy atom. The van der Waals surface area contributed by atoms with E-state index in [1.807, 2.05) is 4.90 Å². The molecular weight excluding hydrogens is 240 g/mol. The molecule has 4 nitrogen and oxygen atoms in total. The molecule has 0 radical (unpaired) electrons. The Morgan fingerprint density at radius 1 is 1.32 bits per heavy atom. The van der Waals surface area contributed by atoms with Gasteiger partial charge >= 0.3 is 0 Å². The number of amides is 1. The van der Waals surface area contributed by atoms with Gasteiger partial charge in [-0.05, 0) is 43.6 Å². The molecule has 2 heterocycles. The molecule has 0 bridgehead atoms. The maximum atomic E-state index is 12.7. The summed E-state index contributed by atoms with van der Waals surface area (Å²) in [6.45, 7) is 6.94. The highest BCUT2D eigenvalue weighted by molar-refractivity contribution is 5.83. The molecule has 1 amide bonds. The normalized spacial score (nSPS) is 41.3. The van der Waals surface area contributed by atoms with Crippen LogP contribution in [0, 0.1) is 17.3 Å². The average molecular weight is 266 g/mol. The first kappa shape index (κ1) is 13.4. The van der Waals surface area contributed by atoms with Crippen LogP contribution in [0.25, 0.3) is 0 Å². The van der Waals surface area contributed by atoms with Gasteiger partial charge in [0.25, 0.3) is 0 Å². The van der Waals surface area contributed by atoms with Crippen molar-refractivity contribution in [3.63, 3.8) is 0 Å². The highest BCUT2D eigenvalue weighted by Crippen LogP contribution is 2.39. The Labute approximate surface area is 115 Å². The SMILES string of the molecule is CC1(C)CCCNC1C(=O)N1CC2CCC(O)C2C1. The van der Waals surface area contributed by atoms with E-state index >= 15 is 0 Å². The second-order valence-electron chi connectivity index (χ2n) is 7.29. The maximum absolute atomic E-state index is 12.7. The van der Waals surface area contributed by atoms with Gasteiger partial charge in [-0.2, -0.15) is 0 Å². The molecule has 1 aliphatic carbocycles. The van der Waals surface area contributed by atoms with Crippen LogP contribution in [-0.4, -0.2) is 47.7 Å². The lowest BCUT2D eigenvalue weighted by Crippen LogP contribution is -2.56. The minimum Gasteiger partial charge on any atom is -0.393 e. The highest BCUT2D eigenvalue weighted by Gasteiger charge is 2.46. The van der Waals surface area contributed by atoms with E-state index in [1.165, 1.54) is 0 Å². The summed E-state index contributed by atoms with van der Waals surface area (Å²) in [6.07, 6.45) is 4.08. The van der Waals surface area contributed by atoms with Gasteiger partial charge in [-0.25, -0.2) is 0 Å². The first-order chi connectivity index (χ1) is 8.99. The Bertz CT molecular complexity index is 369. The molecule has 1 saturated carbocycles. The van der Waals surface area contributed by atoms with Gasteiger partial charge in [0.1, 0.15) is 0 Å². The summed E-state index contributed by atoms with van der Waals surface area (Å²) < 4.78 is 0. The van der Waals surface area contributed by atoms with Gasteiger partial charge in [0.2, 0.25) is 5.91 Å². The Balaban J connectivity index is 1.68. The summed E-state index contributed by atoms with van der Waals surface area (Å²) >= 11 is 0. The van der Waals surface area contributed by atoms with Crippen LogP contribution in [0.15, 0.2) is 0 Å². The van der Waals surface area contributed by atoms with Gasteiger partial charge in [0.05, 0.1) is 12.1 Å². The van der Waals surface area contributed by atoms with Gasteiger partial charge in [0.15, 0.2) is 0 Å². The third-order valence-corrected chi connectivity index (χ3v) is 5.51. The summed E-state index contributed by atoms with van der Waals surface area (Å²) in [6, 6.07) is -0.0442. The summed E-state index contributed by atoms with van der Waals surface area (Å²) in [5.74, 6) is 1.12. The van der Waals surface area contributed by atoms with Crippen molar-refractivity contribution in [1.29, 1.82) is 0 Å². The lowest BCUT2D eigenvalue weighted by atomic mass is 9.77. The van der Waals surface area contributed by atoms with Crippen LogP contribution in [-0.2, 0) is 4.79 Å². The van der Waals surface area contributed by atoms with Crippen molar-refractivity contribution in [2.75, 3.05) is 19.6 Å². The van der Waals surface area contributed by atoms with Crippen LogP contribution < -0.4 is 5.32 Å². The molecule has 3 fully saturated rings. The topological polar surface area (TPSA) is 52.6 Å². The standard InChI is InChI=1S/C15H26N2O2/c1-15(2)6-3-7-16-13(15)14(19)17-8-10-4-5-12(18)11(10)9-17/h10-13,16,18H,3-9H2,1-2H3. The number of fused-ring (bicyclic) bond motifs is 1. The van der Waals surface area contributed by atoms with Crippen LogP contribution in [0.3, 0.4) is 0 Å². The number of piperidine rings is 1. The molecule has 2 N–H and O–H groups in total. The number of aliphatic hydroxyl groups is 1. The number of hydrogen-bond acceptors (Lipinski definition) is 3. The number of hydrogen-bond donors (Lipinski definition) is 2. The smallest absolute Gasteiger partial charge is 0.240 e. The fourth-order valence-corrected chi connectivity index (χ4v) is 4.23. The second-order valence-corrected chi connectivity index (χ2v) is 7.29. The number of likely N-dealkylation sites (tertiary alicyclic amines) is 1. The van der Waals surface area contributed by atoms with E-state index in [2.05, 4.69) is 19.2 Å². The predicted octanol–water partition coefficient (Wildman–Crippen LogP) is 0.994. The van der Waals surface area contributed by atoms with Crippen LogP contribution in [0.2, 0.25) is 0 Å². The van der Waals surface area contributed by atoms with Crippen molar-refractivity contribution in [2.24, 2.45) is 17.3 Å². The molecule has 2 aliphatic heterocycles. The van der Waals surface area contributed by atoms with Crippen molar-refractivity contribution in [3.8, 4) is 0 Å². The molecule has 108 valence electrons. The number of carbonyl (C=O) groups excluding carboxylic acids is 1. The van der Waals surface area contributed by atoms with E-state index in [1.54, 1.807) is 0 Å². The lowest BCUT2D eigenvalue weighted by Gasteiger charge is -2.40. The highest BCUT2D eigenvalue weighted by atomic mass is 16.3. The van der Waals surface area contributed by atoms with Crippen molar-refractivity contribution in [3.05, 3.63) is 0 Å². The van der Waals surface area contributed by atoms with E-state index < -0.39 is 0 Å². The average Bonchev–Trinajstić information content (AvgIpc) is 2.91. The largest absolute Gasteiger partial charge is 0.393 e. The fourth-order valence-electron chi connectivity index (χ4n) is 4.23. The zero-order chi connectivity index (χ0) is 13.6. The summed E-state index contributed by atoms with van der Waals surface area (Å²) in [7, 11) is 0. The molecule has 0 aromatic heterocycles. The first-order valence-electron chi connectivity index (χ1n) is 7.69. The molecule has 3 rings (SSSR count). The number of aliphatic hydroxyl groups excluding tert-OH is 1. The van der Waals surface area contributed by atoms with Gasteiger partial charge in [-0.1, -0.05) is 13.8 Å². The van der Waals surface area contributed by atoms with E-state index in [9.17, 15) is 9.90 Å². The molecular formula is C15H26N2O2. The quantitative estimate of drug-likeness (QED) is 0.744. The van der Waals surface area contributed by atoms with E-state index in [0.29, 0.717) is 11.8 Å². The van der Waals surface area contributed by atoms with E-state index in [-0.39, 0.29) is 23.5 Å². The lowest BCUT2D eigenvalue weighted by molar-refractivity contribution is -0.136. The van der Waals surface area contributed by atoms with Gasteiger partial charge in [-0.3, -0.25) is 4.79 Å². The zero-order valence-corrected chi connectivity index (χ0v) is 12.1. The minimum absolute atomic E-state index is 0.0442. The minimum atomic E-state index is -0.185. The number of carbonyl (C=O) groups is 1. The van der Waals surface area contributed by atoms with Gasteiger partial charge in [-0.15, -0.1) is 0 Å². The predicted molar refractivity (Wildman–Crippen MR) is 73.6 cm³/mol. The van der Waals surface area contributed by atoms with Crippen LogP contribution >= 0.6 is 0 Å². The summed E-state index contributed by atoms with van der Waals surface area (Å²) in [5.41, 5.74) is 0.0473. The Morgan fingerprint density at radius 2 is 2.11 bits per heavy atom. The van der Waals surface area contributed by atoms with Crippen molar-refractivity contribution >= 4 is 5.91 Å². The molecule has 19 heavy (non-hydrogen) atoms. The third kappa shape index (κ3) is 2.29. The van der Waals surface area contributed by atoms with Crippen LogP contribution in [0.5, 0.6) is 0 Å². The zero-order valence-electron chi connectivity index (χ0n) is 12.1. The maximum Gasteiger partial charge on any atom is 0.240 e. The molecule has 0 spiro atoms. The number of nitrogens with one attached hydrogen (secondary N) is 1. The van der Waals surface area contributed by atoms with Gasteiger partial charge in [0, 0.05) is 19.0 Å². The van der Waals surface area contributed by atoms with Crippen molar-refractivity contribution < 1.29 is 9.90 Å². The van der Waals surface area contributed by atoms with Crippen molar-refractivity contribution in [1.82, 2.24) is 10.2 Å². The van der Waals surface area contributed by atoms with E-state index in [0.717, 1.165) is 45.3 Å². The second kappa shape index (κ2) is 4.74. The van der Waals surface area contributed by atoms with Gasteiger partial charge < -0.3 is 15.3 Å². The van der Waals surface area contributed by atoms with Crippen molar-refractivity contribution in [2.45, 2.75) is 51.7 Å². The summed E-state index contributed by atoms with van der Waals surface area (Å²) in [5, 5.41) is 13.4. The Hall–Kier alpha value is -0.610. The molecule has 3 aliphatic rings. The Kier molecular flexibility index (Phi) is 3.34. The number of nitrogens with zero attached hydrogens (tertiary/aromatic N) is 1. The van der Waals surface area contributed by atoms with Crippen LogP contribution in [0.4, 0.5) is 0 Å². The molecule has 4 atom stereocenters. The first-order valence-corrected chi connectivity index (χ1v) is 7.69. The third-order valence-electron chi connectivity index (χ3n) is 5.51. The molecule has 0 aromatic rings. The van der Waals surface area contributed by atoms with Crippen LogP contribution in [0.1, 0.15) is 39.5 Å². The monoisotopic (exact) mass is 266 g/mol. The van der Waals surface area contributed by atoms with E-state index in [4.69, 9.17) is 0 Å². The molecule has 0 aromatic carbocycles. The summed E-state index contributed by atoms with van der Waals surface area (Å²) in [4.78, 5) is 14.7. The number of rotatable bonds is 1. The fraction of sp³-hybridized carbons (Fsp3) is 0.933.